The van der Waals surface area contributed by atoms with Gasteiger partial charge in [-0.05, 0) is 41.3 Å². The average Bonchev–Trinajstić information content (AvgIpc) is 2.51. The summed E-state index contributed by atoms with van der Waals surface area (Å²) in [4.78, 5) is 0. The number of benzene rings is 2. The highest BCUT2D eigenvalue weighted by atomic mass is 16.5. The molecular formula is C19H21NO2. The zero-order valence-corrected chi connectivity index (χ0v) is 13.3. The molecule has 3 nitrogen and oxygen atoms in total. The first kappa shape index (κ1) is 15.9. The minimum absolute atomic E-state index is 0.146. The van der Waals surface area contributed by atoms with Crippen molar-refractivity contribution in [2.45, 2.75) is 26.2 Å². The number of ether oxygens (including phenoxy) is 2. The van der Waals surface area contributed by atoms with Gasteiger partial charge in [0.15, 0.2) is 0 Å². The lowest BCUT2D eigenvalue weighted by molar-refractivity contribution is 0.217. The molecule has 22 heavy (non-hydrogen) atoms. The van der Waals surface area contributed by atoms with Gasteiger partial charge in [-0.15, -0.1) is 0 Å². The lowest BCUT2D eigenvalue weighted by atomic mass is 9.87. The van der Waals surface area contributed by atoms with Crippen molar-refractivity contribution in [2.24, 2.45) is 0 Å². The average molecular weight is 295 g/mol. The van der Waals surface area contributed by atoms with Gasteiger partial charge in [-0.2, -0.15) is 5.26 Å². The lowest BCUT2D eigenvalue weighted by Gasteiger charge is -2.19. The minimum atomic E-state index is 0.146. The summed E-state index contributed by atoms with van der Waals surface area (Å²) in [6.07, 6.45) is 0. The maximum atomic E-state index is 8.83. The molecule has 3 heteroatoms. The van der Waals surface area contributed by atoms with Crippen molar-refractivity contribution in [1.82, 2.24) is 0 Å². The predicted molar refractivity (Wildman–Crippen MR) is 87.3 cm³/mol. The second-order valence-corrected chi connectivity index (χ2v) is 6.11. The molecule has 0 amide bonds. The van der Waals surface area contributed by atoms with Crippen LogP contribution in [0.3, 0.4) is 0 Å². The molecule has 0 fully saturated rings. The maximum Gasteiger partial charge on any atom is 0.122 e. The van der Waals surface area contributed by atoms with Crippen LogP contribution in [0.25, 0.3) is 0 Å². The van der Waals surface area contributed by atoms with Gasteiger partial charge in [0.05, 0.1) is 11.6 Å². The van der Waals surface area contributed by atoms with Gasteiger partial charge < -0.3 is 9.47 Å². The van der Waals surface area contributed by atoms with Crippen LogP contribution in [0.15, 0.2) is 48.5 Å². The Bertz CT molecular complexity index is 648. The Balaban J connectivity index is 1.80. The predicted octanol–water partition coefficient (Wildman–Crippen LogP) is 4.31. The second kappa shape index (κ2) is 7.00. The van der Waals surface area contributed by atoms with Gasteiger partial charge in [0.1, 0.15) is 24.7 Å². The molecule has 0 atom stereocenters. The molecular weight excluding hydrogens is 274 g/mol. The van der Waals surface area contributed by atoms with Crippen molar-refractivity contribution >= 4 is 0 Å². The van der Waals surface area contributed by atoms with Crippen molar-refractivity contribution in [2.75, 3.05) is 13.2 Å². The molecule has 2 rings (SSSR count). The molecule has 0 unspecified atom stereocenters. The van der Waals surface area contributed by atoms with Crippen LogP contribution in [0.5, 0.6) is 11.5 Å². The fourth-order valence-corrected chi connectivity index (χ4v) is 2.03. The number of hydrogen-bond acceptors (Lipinski definition) is 3. The van der Waals surface area contributed by atoms with E-state index < -0.39 is 0 Å². The zero-order chi connectivity index (χ0) is 16.0. The SMILES string of the molecule is CC(C)(C)c1ccc(OCCOc2cccc(C#N)c2)cc1. The molecule has 114 valence electrons. The minimum Gasteiger partial charge on any atom is -0.490 e. The van der Waals surface area contributed by atoms with E-state index in [4.69, 9.17) is 14.7 Å². The summed E-state index contributed by atoms with van der Waals surface area (Å²) in [5.74, 6) is 1.52. The smallest absolute Gasteiger partial charge is 0.122 e. The normalized spacial score (nSPS) is 10.8. The monoisotopic (exact) mass is 295 g/mol. The third-order valence-electron chi connectivity index (χ3n) is 3.30. The van der Waals surface area contributed by atoms with Gasteiger partial charge >= 0.3 is 0 Å². The summed E-state index contributed by atoms with van der Waals surface area (Å²) >= 11 is 0. The summed E-state index contributed by atoms with van der Waals surface area (Å²) in [6.45, 7) is 7.46. The van der Waals surface area contributed by atoms with E-state index >= 15 is 0 Å². The van der Waals surface area contributed by atoms with Gasteiger partial charge in [-0.25, -0.2) is 0 Å². The van der Waals surface area contributed by atoms with E-state index in [2.05, 4.69) is 39.0 Å². The molecule has 0 N–H and O–H groups in total. The highest BCUT2D eigenvalue weighted by Crippen LogP contribution is 2.24. The van der Waals surface area contributed by atoms with Gasteiger partial charge in [0, 0.05) is 0 Å². The van der Waals surface area contributed by atoms with Gasteiger partial charge in [-0.1, -0.05) is 39.0 Å². The van der Waals surface area contributed by atoms with E-state index in [1.807, 2.05) is 18.2 Å². The Morgan fingerprint density at radius 1 is 0.909 bits per heavy atom. The van der Waals surface area contributed by atoms with Crippen LogP contribution in [0.1, 0.15) is 31.9 Å². The van der Waals surface area contributed by atoms with E-state index in [9.17, 15) is 0 Å². The molecule has 0 saturated heterocycles. The molecule has 0 aliphatic carbocycles. The van der Waals surface area contributed by atoms with Crippen molar-refractivity contribution in [3.8, 4) is 17.6 Å². The van der Waals surface area contributed by atoms with Crippen molar-refractivity contribution in [3.63, 3.8) is 0 Å². The second-order valence-electron chi connectivity index (χ2n) is 6.11. The number of rotatable bonds is 5. The largest absolute Gasteiger partial charge is 0.490 e. The van der Waals surface area contributed by atoms with Gasteiger partial charge in [0.2, 0.25) is 0 Å². The Hall–Kier alpha value is -2.47. The first-order valence-electron chi connectivity index (χ1n) is 7.35. The third kappa shape index (κ3) is 4.53. The topological polar surface area (TPSA) is 42.2 Å². The summed E-state index contributed by atoms with van der Waals surface area (Å²) in [7, 11) is 0. The fraction of sp³-hybridized carbons (Fsp3) is 0.316. The summed E-state index contributed by atoms with van der Waals surface area (Å²) in [6, 6.07) is 17.3. The van der Waals surface area contributed by atoms with Crippen molar-refractivity contribution < 1.29 is 9.47 Å². The summed E-state index contributed by atoms with van der Waals surface area (Å²) in [5.41, 5.74) is 2.02. The van der Waals surface area contributed by atoms with Crippen LogP contribution >= 0.6 is 0 Å². The third-order valence-corrected chi connectivity index (χ3v) is 3.30. The first-order valence-corrected chi connectivity index (χ1v) is 7.35. The van der Waals surface area contributed by atoms with E-state index in [1.54, 1.807) is 18.2 Å². The van der Waals surface area contributed by atoms with Crippen LogP contribution in [0, 0.1) is 11.3 Å². The fourth-order valence-electron chi connectivity index (χ4n) is 2.03. The van der Waals surface area contributed by atoms with Crippen molar-refractivity contribution in [1.29, 1.82) is 5.26 Å². The van der Waals surface area contributed by atoms with E-state index in [1.165, 1.54) is 5.56 Å². The Morgan fingerprint density at radius 2 is 1.55 bits per heavy atom. The quantitative estimate of drug-likeness (QED) is 0.772. The molecule has 0 heterocycles. The molecule has 0 aliphatic rings. The van der Waals surface area contributed by atoms with E-state index in [0.717, 1.165) is 5.75 Å². The highest BCUT2D eigenvalue weighted by Gasteiger charge is 2.12. The van der Waals surface area contributed by atoms with Crippen LogP contribution < -0.4 is 9.47 Å². The van der Waals surface area contributed by atoms with Crippen LogP contribution in [-0.4, -0.2) is 13.2 Å². The molecule has 2 aromatic carbocycles. The summed E-state index contributed by atoms with van der Waals surface area (Å²) < 4.78 is 11.2. The maximum absolute atomic E-state index is 8.83. The van der Waals surface area contributed by atoms with Crippen molar-refractivity contribution in [3.05, 3.63) is 59.7 Å². The highest BCUT2D eigenvalue weighted by molar-refractivity contribution is 5.36. The molecule has 2 aromatic rings. The molecule has 0 aromatic heterocycles. The summed E-state index contributed by atoms with van der Waals surface area (Å²) in [5, 5.41) is 8.83. The standard InChI is InChI=1S/C19H21NO2/c1-19(2,3)16-7-9-17(10-8-16)21-11-12-22-18-6-4-5-15(13-18)14-20/h4-10,13H,11-12H2,1-3H3. The number of nitriles is 1. The van der Waals surface area contributed by atoms with E-state index in [-0.39, 0.29) is 5.41 Å². The van der Waals surface area contributed by atoms with Crippen LogP contribution in [0.4, 0.5) is 0 Å². The molecule has 0 radical (unpaired) electrons. The molecule has 0 saturated carbocycles. The molecule has 0 aliphatic heterocycles. The van der Waals surface area contributed by atoms with Crippen LogP contribution in [-0.2, 0) is 5.41 Å². The Morgan fingerprint density at radius 3 is 2.14 bits per heavy atom. The van der Waals surface area contributed by atoms with Gasteiger partial charge in [-0.3, -0.25) is 0 Å². The zero-order valence-electron chi connectivity index (χ0n) is 13.3. The van der Waals surface area contributed by atoms with Gasteiger partial charge in [0.25, 0.3) is 0 Å². The Kier molecular flexibility index (Phi) is 5.06. The lowest BCUT2D eigenvalue weighted by Crippen LogP contribution is -2.11. The Labute approximate surface area is 132 Å². The van der Waals surface area contributed by atoms with E-state index in [0.29, 0.717) is 24.5 Å². The molecule has 0 bridgehead atoms. The number of hydrogen-bond donors (Lipinski definition) is 0. The molecule has 0 spiro atoms. The van der Waals surface area contributed by atoms with Crippen LogP contribution in [0.2, 0.25) is 0 Å². The number of nitrogens with zero attached hydrogens (tertiary/aromatic N) is 1. The first-order chi connectivity index (χ1) is 10.5.